The van der Waals surface area contributed by atoms with Crippen LogP contribution >= 0.6 is 11.6 Å². The van der Waals surface area contributed by atoms with Crippen molar-refractivity contribution >= 4 is 17.3 Å². The van der Waals surface area contributed by atoms with E-state index >= 15 is 0 Å². The lowest BCUT2D eigenvalue weighted by molar-refractivity contribution is 0.789. The molecule has 0 fully saturated rings. The first kappa shape index (κ1) is 13.6. The molecule has 0 aliphatic heterocycles. The van der Waals surface area contributed by atoms with Crippen LogP contribution in [-0.2, 0) is 0 Å². The van der Waals surface area contributed by atoms with Crippen molar-refractivity contribution in [3.8, 4) is 5.69 Å². The topological polar surface area (TPSA) is 55.6 Å². The van der Waals surface area contributed by atoms with Crippen molar-refractivity contribution in [2.24, 2.45) is 0 Å². The van der Waals surface area contributed by atoms with Crippen LogP contribution in [0.15, 0.2) is 54.9 Å². The van der Waals surface area contributed by atoms with E-state index in [2.05, 4.69) is 27.8 Å². The molecule has 3 rings (SSSR count). The highest BCUT2D eigenvalue weighted by molar-refractivity contribution is 6.31. The van der Waals surface area contributed by atoms with Crippen molar-refractivity contribution in [1.82, 2.24) is 20.2 Å². The Labute approximate surface area is 127 Å². The molecule has 1 aromatic heterocycles. The van der Waals surface area contributed by atoms with Crippen LogP contribution in [0.3, 0.4) is 0 Å². The zero-order chi connectivity index (χ0) is 14.7. The number of halogens is 1. The number of benzene rings is 2. The van der Waals surface area contributed by atoms with Gasteiger partial charge in [-0.15, -0.1) is 5.10 Å². The molecule has 0 aliphatic rings. The third kappa shape index (κ3) is 3.03. The van der Waals surface area contributed by atoms with Crippen LogP contribution in [-0.4, -0.2) is 20.2 Å². The molecule has 3 aromatic rings. The fraction of sp³-hybridized carbons (Fsp3) is 0.133. The molecule has 1 unspecified atom stereocenters. The summed E-state index contributed by atoms with van der Waals surface area (Å²) < 4.78 is 1.61. The predicted octanol–water partition coefficient (Wildman–Crippen LogP) is 3.49. The Morgan fingerprint density at radius 2 is 1.86 bits per heavy atom. The third-order valence-corrected chi connectivity index (χ3v) is 3.58. The van der Waals surface area contributed by atoms with Gasteiger partial charge in [-0.25, -0.2) is 4.68 Å². The number of anilines is 1. The summed E-state index contributed by atoms with van der Waals surface area (Å²) >= 11 is 6.21. The maximum Gasteiger partial charge on any atom is 0.143 e. The zero-order valence-corrected chi connectivity index (χ0v) is 12.2. The molecular formula is C15H14ClN5. The third-order valence-electron chi connectivity index (χ3n) is 3.24. The molecule has 6 heteroatoms. The van der Waals surface area contributed by atoms with Crippen LogP contribution in [0, 0.1) is 0 Å². The van der Waals surface area contributed by atoms with E-state index in [4.69, 9.17) is 11.6 Å². The number of aromatic nitrogens is 4. The lowest BCUT2D eigenvalue weighted by Crippen LogP contribution is -2.07. The van der Waals surface area contributed by atoms with Crippen molar-refractivity contribution in [3.63, 3.8) is 0 Å². The van der Waals surface area contributed by atoms with Gasteiger partial charge in [-0.2, -0.15) is 0 Å². The first-order valence-corrected chi connectivity index (χ1v) is 6.96. The highest BCUT2D eigenvalue weighted by atomic mass is 35.5. The molecule has 1 heterocycles. The quantitative estimate of drug-likeness (QED) is 0.801. The minimum Gasteiger partial charge on any atom is -0.378 e. The SMILES string of the molecule is CC(Nc1ccc(-n2cnnn2)cc1)c1ccccc1Cl. The van der Waals surface area contributed by atoms with Crippen LogP contribution in [0.1, 0.15) is 18.5 Å². The monoisotopic (exact) mass is 299 g/mol. The lowest BCUT2D eigenvalue weighted by Gasteiger charge is -2.17. The van der Waals surface area contributed by atoms with Crippen molar-refractivity contribution in [1.29, 1.82) is 0 Å². The van der Waals surface area contributed by atoms with Gasteiger partial charge in [0.2, 0.25) is 0 Å². The van der Waals surface area contributed by atoms with E-state index in [1.807, 2.05) is 48.5 Å². The van der Waals surface area contributed by atoms with E-state index in [1.54, 1.807) is 11.0 Å². The lowest BCUT2D eigenvalue weighted by atomic mass is 10.1. The summed E-state index contributed by atoms with van der Waals surface area (Å²) in [4.78, 5) is 0. The molecule has 2 aromatic carbocycles. The number of tetrazole rings is 1. The van der Waals surface area contributed by atoms with E-state index < -0.39 is 0 Å². The van der Waals surface area contributed by atoms with Gasteiger partial charge < -0.3 is 5.32 Å². The van der Waals surface area contributed by atoms with Crippen LogP contribution in [0.25, 0.3) is 5.69 Å². The van der Waals surface area contributed by atoms with Crippen molar-refractivity contribution < 1.29 is 0 Å². The van der Waals surface area contributed by atoms with Gasteiger partial charge in [0.25, 0.3) is 0 Å². The molecule has 0 spiro atoms. The summed E-state index contributed by atoms with van der Waals surface area (Å²) in [6, 6.07) is 15.9. The Kier molecular flexibility index (Phi) is 3.83. The Morgan fingerprint density at radius 3 is 2.52 bits per heavy atom. The van der Waals surface area contributed by atoms with Crippen LogP contribution in [0.4, 0.5) is 5.69 Å². The summed E-state index contributed by atoms with van der Waals surface area (Å²) in [5.74, 6) is 0. The molecule has 0 radical (unpaired) electrons. The number of hydrogen-bond acceptors (Lipinski definition) is 4. The molecule has 5 nitrogen and oxygen atoms in total. The standard InChI is InChI=1S/C15H14ClN5/c1-11(14-4-2-3-5-15(14)16)18-12-6-8-13(9-7-12)21-10-17-19-20-21/h2-11,18H,1H3. The molecule has 0 bridgehead atoms. The summed E-state index contributed by atoms with van der Waals surface area (Å²) in [6.07, 6.45) is 1.56. The molecule has 1 atom stereocenters. The fourth-order valence-electron chi connectivity index (χ4n) is 2.14. The fourth-order valence-corrected chi connectivity index (χ4v) is 2.44. The maximum absolute atomic E-state index is 6.21. The zero-order valence-electron chi connectivity index (χ0n) is 11.4. The van der Waals surface area contributed by atoms with Gasteiger partial charge in [0.05, 0.1) is 5.69 Å². The molecule has 0 saturated heterocycles. The van der Waals surface area contributed by atoms with Gasteiger partial charge in [0, 0.05) is 16.8 Å². The van der Waals surface area contributed by atoms with Gasteiger partial charge in [0.1, 0.15) is 6.33 Å². The van der Waals surface area contributed by atoms with E-state index in [0.29, 0.717) is 0 Å². The second-order valence-corrected chi connectivity index (χ2v) is 5.10. The van der Waals surface area contributed by atoms with Gasteiger partial charge in [-0.3, -0.25) is 0 Å². The Hall–Kier alpha value is -2.40. The predicted molar refractivity (Wildman–Crippen MR) is 82.6 cm³/mol. The van der Waals surface area contributed by atoms with Gasteiger partial charge >= 0.3 is 0 Å². The summed E-state index contributed by atoms with van der Waals surface area (Å²) in [5.41, 5.74) is 3.00. The highest BCUT2D eigenvalue weighted by Crippen LogP contribution is 2.25. The first-order valence-electron chi connectivity index (χ1n) is 6.58. The maximum atomic E-state index is 6.21. The van der Waals surface area contributed by atoms with Gasteiger partial charge in [0.15, 0.2) is 0 Å². The van der Waals surface area contributed by atoms with Crippen LogP contribution in [0.5, 0.6) is 0 Å². The summed E-state index contributed by atoms with van der Waals surface area (Å²) in [7, 11) is 0. The van der Waals surface area contributed by atoms with Gasteiger partial charge in [-0.1, -0.05) is 29.8 Å². The van der Waals surface area contributed by atoms with Gasteiger partial charge in [-0.05, 0) is 53.2 Å². The molecule has 1 N–H and O–H groups in total. The highest BCUT2D eigenvalue weighted by Gasteiger charge is 2.08. The molecule has 0 saturated carbocycles. The van der Waals surface area contributed by atoms with Crippen molar-refractivity contribution in [3.05, 3.63) is 65.4 Å². The Bertz CT molecular complexity index is 709. The smallest absolute Gasteiger partial charge is 0.143 e. The molecule has 21 heavy (non-hydrogen) atoms. The van der Waals surface area contributed by atoms with Crippen LogP contribution in [0.2, 0.25) is 5.02 Å². The second kappa shape index (κ2) is 5.93. The van der Waals surface area contributed by atoms with E-state index in [-0.39, 0.29) is 6.04 Å². The van der Waals surface area contributed by atoms with E-state index in [1.165, 1.54) is 0 Å². The largest absolute Gasteiger partial charge is 0.378 e. The molecular weight excluding hydrogens is 286 g/mol. The summed E-state index contributed by atoms with van der Waals surface area (Å²) in [5, 5.41) is 15.3. The average Bonchev–Trinajstić information content (AvgIpc) is 3.02. The minimum atomic E-state index is 0.123. The average molecular weight is 300 g/mol. The number of nitrogens with zero attached hydrogens (tertiary/aromatic N) is 4. The Balaban J connectivity index is 1.75. The van der Waals surface area contributed by atoms with Crippen LogP contribution < -0.4 is 5.32 Å². The summed E-state index contributed by atoms with van der Waals surface area (Å²) in [6.45, 7) is 2.08. The van der Waals surface area contributed by atoms with Crippen molar-refractivity contribution in [2.45, 2.75) is 13.0 Å². The Morgan fingerprint density at radius 1 is 1.10 bits per heavy atom. The number of hydrogen-bond donors (Lipinski definition) is 1. The molecule has 106 valence electrons. The molecule has 0 amide bonds. The first-order chi connectivity index (χ1) is 10.2. The van der Waals surface area contributed by atoms with E-state index in [0.717, 1.165) is 22.0 Å². The minimum absolute atomic E-state index is 0.123. The second-order valence-electron chi connectivity index (χ2n) is 4.69. The number of nitrogens with one attached hydrogen (secondary N) is 1. The molecule has 0 aliphatic carbocycles. The normalized spacial score (nSPS) is 12.1. The van der Waals surface area contributed by atoms with E-state index in [9.17, 15) is 0 Å². The number of rotatable bonds is 4. The van der Waals surface area contributed by atoms with Crippen molar-refractivity contribution in [2.75, 3.05) is 5.32 Å².